The lowest BCUT2D eigenvalue weighted by molar-refractivity contribution is 0.931. The van der Waals surface area contributed by atoms with E-state index in [1.54, 1.807) is 12.1 Å². The Labute approximate surface area is 69.4 Å². The van der Waals surface area contributed by atoms with Crippen LogP contribution in [0.5, 0.6) is 0 Å². The summed E-state index contributed by atoms with van der Waals surface area (Å²) in [4.78, 5) is 0.589. The van der Waals surface area contributed by atoms with Crippen molar-refractivity contribution in [2.45, 2.75) is 11.8 Å². The maximum atomic E-state index is 12.1. The van der Waals surface area contributed by atoms with Crippen molar-refractivity contribution in [2.75, 3.05) is 0 Å². The number of nitrogens with one attached hydrogen (secondary N) is 1. The van der Waals surface area contributed by atoms with Gasteiger partial charge in [-0.05, 0) is 24.1 Å². The van der Waals surface area contributed by atoms with E-state index in [1.165, 1.54) is 6.21 Å². The fraction of sp³-hybridized carbons (Fsp3) is 0.125. The first-order valence-electron chi connectivity index (χ1n) is 3.17. The normalized spacial score (nSPS) is 9.64. The van der Waals surface area contributed by atoms with Crippen LogP contribution in [-0.4, -0.2) is 6.21 Å². The Morgan fingerprint density at radius 3 is 2.82 bits per heavy atom. The van der Waals surface area contributed by atoms with E-state index in [0.717, 1.165) is 11.1 Å². The van der Waals surface area contributed by atoms with E-state index in [0.29, 0.717) is 4.90 Å². The molecule has 0 radical (unpaired) electrons. The zero-order chi connectivity index (χ0) is 8.27. The topological polar surface area (TPSA) is 23.9 Å². The number of benzene rings is 1. The molecule has 3 heteroatoms. The monoisotopic (exact) mass is 169 g/mol. The average Bonchev–Trinajstić information content (AvgIpc) is 2.05. The van der Waals surface area contributed by atoms with Gasteiger partial charge in [0.2, 0.25) is 0 Å². The van der Waals surface area contributed by atoms with Crippen molar-refractivity contribution < 1.29 is 3.89 Å². The molecule has 0 aromatic heterocycles. The quantitative estimate of drug-likeness (QED) is 0.676. The molecule has 0 unspecified atom stereocenters. The first kappa shape index (κ1) is 8.27. The lowest BCUT2D eigenvalue weighted by Gasteiger charge is -1.99. The fourth-order valence-electron chi connectivity index (χ4n) is 0.790. The molecule has 0 bridgehead atoms. The maximum Gasteiger partial charge on any atom is 0.0815 e. The third kappa shape index (κ3) is 1.80. The molecule has 0 aliphatic carbocycles. The van der Waals surface area contributed by atoms with Crippen molar-refractivity contribution in [3.05, 3.63) is 29.3 Å². The highest BCUT2D eigenvalue weighted by molar-refractivity contribution is 7.94. The third-order valence-electron chi connectivity index (χ3n) is 1.46. The van der Waals surface area contributed by atoms with Crippen LogP contribution in [0.1, 0.15) is 11.1 Å². The molecule has 1 aromatic carbocycles. The maximum absolute atomic E-state index is 12.1. The average molecular weight is 169 g/mol. The van der Waals surface area contributed by atoms with Gasteiger partial charge in [0.15, 0.2) is 0 Å². The Hall–Kier alpha value is -0.830. The predicted molar refractivity (Wildman–Crippen MR) is 46.0 cm³/mol. The van der Waals surface area contributed by atoms with Gasteiger partial charge in [0, 0.05) is 11.1 Å². The summed E-state index contributed by atoms with van der Waals surface area (Å²) < 4.78 is 12.1. The SMILES string of the molecule is Cc1ccc(C=N)cc1SF. The van der Waals surface area contributed by atoms with Crippen LogP contribution < -0.4 is 0 Å². The van der Waals surface area contributed by atoms with E-state index >= 15 is 0 Å². The van der Waals surface area contributed by atoms with Gasteiger partial charge in [0.1, 0.15) is 0 Å². The minimum atomic E-state index is 0.222. The molecule has 1 N–H and O–H groups in total. The predicted octanol–water partition coefficient (Wildman–Crippen LogP) is 2.97. The molecule has 1 aromatic rings. The van der Waals surface area contributed by atoms with Crippen LogP contribution in [0.25, 0.3) is 0 Å². The molecule has 0 fully saturated rings. The van der Waals surface area contributed by atoms with E-state index < -0.39 is 0 Å². The zero-order valence-electron chi connectivity index (χ0n) is 6.10. The van der Waals surface area contributed by atoms with Gasteiger partial charge in [0.05, 0.1) is 12.1 Å². The van der Waals surface area contributed by atoms with Crippen molar-refractivity contribution in [2.24, 2.45) is 0 Å². The highest BCUT2D eigenvalue weighted by Gasteiger charge is 1.98. The molecule has 1 nitrogen and oxygen atoms in total. The molecule has 11 heavy (non-hydrogen) atoms. The molecule has 0 spiro atoms. The zero-order valence-corrected chi connectivity index (χ0v) is 6.91. The highest BCUT2D eigenvalue weighted by Crippen LogP contribution is 2.23. The van der Waals surface area contributed by atoms with Crippen LogP contribution in [0.4, 0.5) is 3.89 Å². The van der Waals surface area contributed by atoms with E-state index in [2.05, 4.69) is 0 Å². The number of hydrogen-bond donors (Lipinski definition) is 1. The van der Waals surface area contributed by atoms with Crippen LogP contribution in [0.15, 0.2) is 23.1 Å². The smallest absolute Gasteiger partial charge is 0.0815 e. The summed E-state index contributed by atoms with van der Waals surface area (Å²) in [5.74, 6) is 0. The highest BCUT2D eigenvalue weighted by atomic mass is 32.2. The van der Waals surface area contributed by atoms with Crippen LogP contribution in [0, 0.1) is 12.3 Å². The summed E-state index contributed by atoms with van der Waals surface area (Å²) in [6.45, 7) is 1.84. The molecule has 1 rings (SSSR count). The van der Waals surface area contributed by atoms with Crippen LogP contribution >= 0.6 is 12.1 Å². The molecule has 0 aliphatic heterocycles. The number of aryl methyl sites for hydroxylation is 1. The third-order valence-corrected chi connectivity index (χ3v) is 2.07. The second-order valence-electron chi connectivity index (χ2n) is 2.25. The molecule has 0 amide bonds. The summed E-state index contributed by atoms with van der Waals surface area (Å²) in [6.07, 6.45) is 1.21. The van der Waals surface area contributed by atoms with Gasteiger partial charge in [-0.1, -0.05) is 12.1 Å². The van der Waals surface area contributed by atoms with Crippen molar-refractivity contribution in [3.63, 3.8) is 0 Å². The Morgan fingerprint density at radius 1 is 1.55 bits per heavy atom. The standard InChI is InChI=1S/C8H8FNS/c1-6-2-3-7(5-10)4-8(6)11-9/h2-5,10H,1H3. The second-order valence-corrected chi connectivity index (χ2v) is 2.84. The Kier molecular flexibility index (Phi) is 2.65. The van der Waals surface area contributed by atoms with E-state index in [1.807, 2.05) is 13.0 Å². The molecule has 0 saturated carbocycles. The summed E-state index contributed by atoms with van der Waals surface area (Å²) in [7, 11) is 0. The number of halogens is 1. The second kappa shape index (κ2) is 3.53. The van der Waals surface area contributed by atoms with Gasteiger partial charge < -0.3 is 5.41 Å². The lowest BCUT2D eigenvalue weighted by Crippen LogP contribution is -1.82. The number of rotatable bonds is 2. The first-order chi connectivity index (χ1) is 5.27. The van der Waals surface area contributed by atoms with E-state index in [9.17, 15) is 3.89 Å². The molecule has 0 saturated heterocycles. The summed E-state index contributed by atoms with van der Waals surface area (Å²) in [5, 5.41) is 6.93. The van der Waals surface area contributed by atoms with E-state index in [4.69, 9.17) is 5.41 Å². The summed E-state index contributed by atoms with van der Waals surface area (Å²) >= 11 is 0.222. The molecule has 0 aliphatic rings. The van der Waals surface area contributed by atoms with Gasteiger partial charge in [-0.25, -0.2) is 0 Å². The molecular formula is C8H8FNS. The molecular weight excluding hydrogens is 161 g/mol. The van der Waals surface area contributed by atoms with Crippen LogP contribution in [0.3, 0.4) is 0 Å². The van der Waals surface area contributed by atoms with Crippen LogP contribution in [-0.2, 0) is 0 Å². The molecule has 0 atom stereocenters. The summed E-state index contributed by atoms with van der Waals surface area (Å²) in [6, 6.07) is 5.26. The van der Waals surface area contributed by atoms with Gasteiger partial charge in [-0.3, -0.25) is 0 Å². The minimum absolute atomic E-state index is 0.222. The van der Waals surface area contributed by atoms with Gasteiger partial charge in [-0.15, -0.1) is 0 Å². The molecule has 58 valence electrons. The lowest BCUT2D eigenvalue weighted by atomic mass is 10.2. The first-order valence-corrected chi connectivity index (χ1v) is 3.89. The van der Waals surface area contributed by atoms with Crippen molar-refractivity contribution >= 4 is 18.4 Å². The van der Waals surface area contributed by atoms with E-state index in [-0.39, 0.29) is 12.1 Å². The summed E-state index contributed by atoms with van der Waals surface area (Å²) in [5.41, 5.74) is 1.64. The Balaban J connectivity index is 3.12. The minimum Gasteiger partial charge on any atom is -0.308 e. The number of hydrogen-bond acceptors (Lipinski definition) is 2. The molecule has 0 heterocycles. The van der Waals surface area contributed by atoms with Gasteiger partial charge >= 0.3 is 0 Å². The van der Waals surface area contributed by atoms with Gasteiger partial charge in [0.25, 0.3) is 0 Å². The van der Waals surface area contributed by atoms with Crippen molar-refractivity contribution in [1.82, 2.24) is 0 Å². The van der Waals surface area contributed by atoms with Crippen molar-refractivity contribution in [1.29, 1.82) is 5.41 Å². The van der Waals surface area contributed by atoms with Gasteiger partial charge in [-0.2, -0.15) is 3.89 Å². The van der Waals surface area contributed by atoms with Crippen LogP contribution in [0.2, 0.25) is 0 Å². The van der Waals surface area contributed by atoms with Crippen molar-refractivity contribution in [3.8, 4) is 0 Å². The largest absolute Gasteiger partial charge is 0.308 e. The Bertz CT molecular complexity index is 273. The fourth-order valence-corrected chi connectivity index (χ4v) is 1.16. The Morgan fingerprint density at radius 2 is 2.27 bits per heavy atom.